The lowest BCUT2D eigenvalue weighted by Gasteiger charge is -2.24. The topological polar surface area (TPSA) is 29.5 Å². The normalized spacial score (nSPS) is 19.1. The number of amides is 1. The molecule has 0 radical (unpaired) electrons. The van der Waals surface area contributed by atoms with Gasteiger partial charge < -0.3 is 9.64 Å². The molecule has 0 aromatic heterocycles. The summed E-state index contributed by atoms with van der Waals surface area (Å²) < 4.78 is 43.9. The first-order valence-corrected chi connectivity index (χ1v) is 8.11. The summed E-state index contributed by atoms with van der Waals surface area (Å²) in [6.45, 7) is 6.37. The first-order chi connectivity index (χ1) is 10.5. The monoisotopic (exact) mass is 393 g/mol. The predicted octanol–water partition coefficient (Wildman–Crippen LogP) is 5.19. The number of ether oxygens (including phenoxy) is 1. The number of halogens is 4. The Labute approximate surface area is 141 Å². The number of benzene rings is 1. The van der Waals surface area contributed by atoms with Crippen molar-refractivity contribution in [2.24, 2.45) is 0 Å². The number of hydrogen-bond donors (Lipinski definition) is 0. The largest absolute Gasteiger partial charge is 0.444 e. The summed E-state index contributed by atoms with van der Waals surface area (Å²) in [7, 11) is 0. The number of rotatable bonds is 1. The van der Waals surface area contributed by atoms with Crippen molar-refractivity contribution in [3.63, 3.8) is 0 Å². The van der Waals surface area contributed by atoms with Gasteiger partial charge in [-0.05, 0) is 44.9 Å². The molecule has 23 heavy (non-hydrogen) atoms. The molecule has 7 heteroatoms. The highest BCUT2D eigenvalue weighted by Gasteiger charge is 2.34. The Kier molecular flexibility index (Phi) is 4.99. The Morgan fingerprint density at radius 1 is 1.30 bits per heavy atom. The molecule has 1 fully saturated rings. The lowest BCUT2D eigenvalue weighted by molar-refractivity contribution is -0.137. The van der Waals surface area contributed by atoms with E-state index in [1.807, 2.05) is 0 Å². The van der Waals surface area contributed by atoms with Crippen molar-refractivity contribution in [3.8, 4) is 0 Å². The minimum absolute atomic E-state index is 0.000762. The fraction of sp³-hybridized carbons (Fsp3) is 0.562. The number of hydrogen-bond acceptors (Lipinski definition) is 2. The molecule has 1 aliphatic heterocycles. The molecular formula is C16H19BrF3NO2. The quantitative estimate of drug-likeness (QED) is 0.656. The van der Waals surface area contributed by atoms with Crippen molar-refractivity contribution in [1.29, 1.82) is 0 Å². The summed E-state index contributed by atoms with van der Waals surface area (Å²) in [6, 6.07) is 3.65. The average molecular weight is 394 g/mol. The SMILES string of the molecule is CC(C)(C)OC(=O)N1CC[C@@H](c2ccc(C(F)(F)F)cc2Br)C1. The molecule has 3 nitrogen and oxygen atoms in total. The number of carbonyl (C=O) groups excluding carboxylic acids is 1. The van der Waals surface area contributed by atoms with Crippen molar-refractivity contribution in [2.45, 2.75) is 44.9 Å². The van der Waals surface area contributed by atoms with Gasteiger partial charge in [-0.25, -0.2) is 4.79 Å². The second-order valence-electron chi connectivity index (χ2n) is 6.65. The van der Waals surface area contributed by atoms with Crippen molar-refractivity contribution in [3.05, 3.63) is 33.8 Å². The summed E-state index contributed by atoms with van der Waals surface area (Å²) in [5, 5.41) is 0. The van der Waals surface area contributed by atoms with E-state index >= 15 is 0 Å². The number of carbonyl (C=O) groups is 1. The van der Waals surface area contributed by atoms with E-state index in [4.69, 9.17) is 4.74 Å². The summed E-state index contributed by atoms with van der Waals surface area (Å²) in [5.74, 6) is -0.000762. The van der Waals surface area contributed by atoms with Crippen molar-refractivity contribution < 1.29 is 22.7 Å². The third-order valence-corrected chi connectivity index (χ3v) is 4.29. The molecule has 1 heterocycles. The molecule has 0 spiro atoms. The van der Waals surface area contributed by atoms with Gasteiger partial charge in [0.2, 0.25) is 0 Å². The van der Waals surface area contributed by atoms with Gasteiger partial charge in [0.15, 0.2) is 0 Å². The van der Waals surface area contributed by atoms with Crippen molar-refractivity contribution in [1.82, 2.24) is 4.90 Å². The van der Waals surface area contributed by atoms with Gasteiger partial charge in [-0.15, -0.1) is 0 Å². The number of alkyl halides is 3. The standard InChI is InChI=1S/C16H19BrF3NO2/c1-15(2,3)23-14(22)21-7-6-10(9-21)12-5-4-11(8-13(12)17)16(18,19)20/h4-5,8,10H,6-7,9H2,1-3H3/t10-/m1/s1. The third-order valence-electron chi connectivity index (χ3n) is 3.61. The van der Waals surface area contributed by atoms with Crippen LogP contribution < -0.4 is 0 Å². The van der Waals surface area contributed by atoms with E-state index in [1.54, 1.807) is 25.7 Å². The van der Waals surface area contributed by atoms with Crippen molar-refractivity contribution in [2.75, 3.05) is 13.1 Å². The zero-order chi connectivity index (χ0) is 17.4. The van der Waals surface area contributed by atoms with E-state index in [2.05, 4.69) is 15.9 Å². The van der Waals surface area contributed by atoms with E-state index < -0.39 is 17.3 Å². The predicted molar refractivity (Wildman–Crippen MR) is 84.3 cm³/mol. The van der Waals surface area contributed by atoms with Crippen LogP contribution in [0.2, 0.25) is 0 Å². The lowest BCUT2D eigenvalue weighted by Crippen LogP contribution is -2.35. The molecule has 0 aliphatic carbocycles. The minimum atomic E-state index is -4.36. The van der Waals surface area contributed by atoms with Gasteiger partial charge in [0.1, 0.15) is 5.60 Å². The average Bonchev–Trinajstić information content (AvgIpc) is 2.85. The molecule has 1 aliphatic rings. The second kappa shape index (κ2) is 6.34. The Hall–Kier alpha value is -1.24. The maximum Gasteiger partial charge on any atom is 0.416 e. The first-order valence-electron chi connectivity index (χ1n) is 7.32. The summed E-state index contributed by atoms with van der Waals surface area (Å²) in [6.07, 6.45) is -4.05. The van der Waals surface area contributed by atoms with Crippen LogP contribution in [0, 0.1) is 0 Å². The van der Waals surface area contributed by atoms with Crippen LogP contribution in [-0.4, -0.2) is 29.7 Å². The van der Waals surface area contributed by atoms with Gasteiger partial charge in [-0.1, -0.05) is 22.0 Å². The highest BCUT2D eigenvalue weighted by molar-refractivity contribution is 9.10. The highest BCUT2D eigenvalue weighted by atomic mass is 79.9. The first kappa shape index (κ1) is 18.1. The van der Waals surface area contributed by atoms with Gasteiger partial charge in [-0.3, -0.25) is 0 Å². The molecule has 0 saturated carbocycles. The molecule has 1 amide bonds. The van der Waals surface area contributed by atoms with Gasteiger partial charge in [0.25, 0.3) is 0 Å². The van der Waals surface area contributed by atoms with E-state index in [0.29, 0.717) is 24.0 Å². The zero-order valence-corrected chi connectivity index (χ0v) is 14.8. The maximum atomic E-state index is 12.7. The Bertz CT molecular complexity index is 596. The molecule has 1 atom stereocenters. The van der Waals surface area contributed by atoms with Crippen LogP contribution in [0.4, 0.5) is 18.0 Å². The maximum absolute atomic E-state index is 12.7. The van der Waals surface area contributed by atoms with Gasteiger partial charge in [0.05, 0.1) is 5.56 Å². The van der Waals surface area contributed by atoms with E-state index in [1.165, 1.54) is 6.07 Å². The highest BCUT2D eigenvalue weighted by Crippen LogP contribution is 2.37. The Morgan fingerprint density at radius 2 is 1.96 bits per heavy atom. The zero-order valence-electron chi connectivity index (χ0n) is 13.2. The van der Waals surface area contributed by atoms with Gasteiger partial charge >= 0.3 is 12.3 Å². The minimum Gasteiger partial charge on any atom is -0.444 e. The molecule has 128 valence electrons. The molecule has 0 N–H and O–H groups in total. The van der Waals surface area contributed by atoms with Crippen molar-refractivity contribution >= 4 is 22.0 Å². The molecule has 0 unspecified atom stereocenters. The molecular weight excluding hydrogens is 375 g/mol. The molecule has 1 aromatic carbocycles. The Balaban J connectivity index is 2.09. The van der Waals surface area contributed by atoms with E-state index in [-0.39, 0.29) is 12.0 Å². The molecule has 1 aromatic rings. The molecule has 2 rings (SSSR count). The summed E-state index contributed by atoms with van der Waals surface area (Å²) in [4.78, 5) is 13.6. The fourth-order valence-electron chi connectivity index (χ4n) is 2.54. The van der Waals surface area contributed by atoms with Crippen LogP contribution in [0.3, 0.4) is 0 Å². The Morgan fingerprint density at radius 3 is 2.48 bits per heavy atom. The van der Waals surface area contributed by atoms with E-state index in [0.717, 1.165) is 17.7 Å². The molecule has 0 bridgehead atoms. The third kappa shape index (κ3) is 4.62. The van der Waals surface area contributed by atoms with Gasteiger partial charge in [0, 0.05) is 23.5 Å². The van der Waals surface area contributed by atoms with Crippen LogP contribution in [0.25, 0.3) is 0 Å². The lowest BCUT2D eigenvalue weighted by atomic mass is 9.97. The van der Waals surface area contributed by atoms with Crippen LogP contribution in [0.5, 0.6) is 0 Å². The number of nitrogens with zero attached hydrogens (tertiary/aromatic N) is 1. The smallest absolute Gasteiger partial charge is 0.416 e. The fourth-order valence-corrected chi connectivity index (χ4v) is 3.24. The van der Waals surface area contributed by atoms with Crippen LogP contribution >= 0.6 is 15.9 Å². The summed E-state index contributed by atoms with van der Waals surface area (Å²) in [5.41, 5.74) is -0.469. The second-order valence-corrected chi connectivity index (χ2v) is 7.50. The van der Waals surface area contributed by atoms with Gasteiger partial charge in [-0.2, -0.15) is 13.2 Å². The van der Waals surface area contributed by atoms with Crippen LogP contribution in [0.15, 0.2) is 22.7 Å². The van der Waals surface area contributed by atoms with Crippen LogP contribution in [0.1, 0.15) is 44.2 Å². The number of likely N-dealkylation sites (tertiary alicyclic amines) is 1. The summed E-state index contributed by atoms with van der Waals surface area (Å²) >= 11 is 3.22. The molecule has 1 saturated heterocycles. The van der Waals surface area contributed by atoms with Crippen LogP contribution in [-0.2, 0) is 10.9 Å². The van der Waals surface area contributed by atoms with E-state index in [9.17, 15) is 18.0 Å².